The van der Waals surface area contributed by atoms with Crippen molar-refractivity contribution < 1.29 is 30.0 Å². The highest BCUT2D eigenvalue weighted by atomic mass is 35.5. The number of carboxylic acids is 1. The highest BCUT2D eigenvalue weighted by Crippen LogP contribution is 2.32. The minimum absolute atomic E-state index is 0.0806. The summed E-state index contributed by atoms with van der Waals surface area (Å²) in [5.41, 5.74) is -0.966. The summed E-state index contributed by atoms with van der Waals surface area (Å²) in [5.74, 6) is -1.43. The van der Waals surface area contributed by atoms with Crippen molar-refractivity contribution in [3.63, 3.8) is 0 Å². The first kappa shape index (κ1) is 16.9. The number of ether oxygens (including phenoxy) is 1. The molecule has 1 aromatic carbocycles. The molecule has 4 N–H and O–H groups in total. The summed E-state index contributed by atoms with van der Waals surface area (Å²) < 4.78 is 6.65. The molecule has 2 heterocycles. The molecule has 3 rings (SSSR count). The van der Waals surface area contributed by atoms with E-state index in [2.05, 4.69) is 0 Å². The molecule has 24 heavy (non-hydrogen) atoms. The van der Waals surface area contributed by atoms with Gasteiger partial charge in [-0.1, -0.05) is 11.6 Å². The van der Waals surface area contributed by atoms with Crippen LogP contribution in [0.25, 0.3) is 10.9 Å². The Morgan fingerprint density at radius 1 is 1.29 bits per heavy atom. The van der Waals surface area contributed by atoms with Crippen LogP contribution in [0.4, 0.5) is 0 Å². The minimum atomic E-state index is -1.43. The Kier molecular flexibility index (Phi) is 4.33. The quantitative estimate of drug-likeness (QED) is 0.608. The molecule has 0 saturated carbocycles. The number of aromatic carboxylic acids is 1. The van der Waals surface area contributed by atoms with E-state index in [-0.39, 0.29) is 10.9 Å². The molecule has 1 saturated heterocycles. The standard InChI is InChI=1S/C15H14ClNO7/c16-6-1-2-7-9(3-6)17(4-8(11(7)19)15(22)23)14-13(21)12(20)10(5-18)24-14/h1-4,10,12-14,18,20-21H,5H2,(H,22,23)/t10-,12-,13-,14-/m1/s1. The first-order chi connectivity index (χ1) is 11.3. The lowest BCUT2D eigenvalue weighted by Gasteiger charge is -2.21. The lowest BCUT2D eigenvalue weighted by molar-refractivity contribution is -0.0509. The van der Waals surface area contributed by atoms with Crippen molar-refractivity contribution in [1.82, 2.24) is 4.57 Å². The van der Waals surface area contributed by atoms with Crippen LogP contribution in [0, 0.1) is 0 Å². The van der Waals surface area contributed by atoms with E-state index in [1.54, 1.807) is 0 Å². The van der Waals surface area contributed by atoms with E-state index in [1.807, 2.05) is 0 Å². The summed E-state index contributed by atoms with van der Waals surface area (Å²) in [6, 6.07) is 4.25. The molecule has 0 aliphatic carbocycles. The zero-order valence-electron chi connectivity index (χ0n) is 12.2. The Hall–Kier alpha value is -1.97. The van der Waals surface area contributed by atoms with Gasteiger partial charge in [-0.2, -0.15) is 0 Å². The van der Waals surface area contributed by atoms with Crippen molar-refractivity contribution in [3.8, 4) is 0 Å². The van der Waals surface area contributed by atoms with Crippen molar-refractivity contribution in [2.75, 3.05) is 6.61 Å². The van der Waals surface area contributed by atoms with Crippen LogP contribution in [0.5, 0.6) is 0 Å². The van der Waals surface area contributed by atoms with E-state index in [1.165, 1.54) is 22.8 Å². The zero-order valence-corrected chi connectivity index (χ0v) is 12.9. The van der Waals surface area contributed by atoms with Gasteiger partial charge in [0.15, 0.2) is 6.23 Å². The molecule has 9 heteroatoms. The number of carbonyl (C=O) groups is 1. The van der Waals surface area contributed by atoms with E-state index in [4.69, 9.17) is 16.3 Å². The first-order valence-electron chi connectivity index (χ1n) is 7.05. The van der Waals surface area contributed by atoms with Crippen LogP contribution in [0.15, 0.2) is 29.2 Å². The lowest BCUT2D eigenvalue weighted by atomic mass is 10.1. The summed E-state index contributed by atoms with van der Waals surface area (Å²) in [4.78, 5) is 23.6. The van der Waals surface area contributed by atoms with E-state index >= 15 is 0 Å². The number of hydrogen-bond donors (Lipinski definition) is 4. The van der Waals surface area contributed by atoms with Crippen molar-refractivity contribution in [2.45, 2.75) is 24.5 Å². The smallest absolute Gasteiger partial charge is 0.341 e. The van der Waals surface area contributed by atoms with E-state index in [0.717, 1.165) is 6.20 Å². The largest absolute Gasteiger partial charge is 0.477 e. The molecule has 4 atom stereocenters. The summed E-state index contributed by atoms with van der Waals surface area (Å²) in [7, 11) is 0. The number of pyridine rings is 1. The van der Waals surface area contributed by atoms with E-state index in [9.17, 15) is 30.0 Å². The molecule has 1 aliphatic rings. The minimum Gasteiger partial charge on any atom is -0.477 e. The maximum atomic E-state index is 12.3. The monoisotopic (exact) mass is 355 g/mol. The van der Waals surface area contributed by atoms with E-state index in [0.29, 0.717) is 5.02 Å². The third-order valence-corrected chi connectivity index (χ3v) is 4.25. The van der Waals surface area contributed by atoms with Gasteiger partial charge in [0.05, 0.1) is 12.1 Å². The number of halogens is 1. The summed E-state index contributed by atoms with van der Waals surface area (Å²) >= 11 is 5.95. The molecule has 2 aromatic rings. The summed E-state index contributed by atoms with van der Waals surface area (Å²) in [6.07, 6.45) is -3.97. The van der Waals surface area contributed by atoms with Crippen molar-refractivity contribution >= 4 is 28.5 Å². The van der Waals surface area contributed by atoms with Crippen molar-refractivity contribution in [2.24, 2.45) is 0 Å². The molecular weight excluding hydrogens is 342 g/mol. The molecular formula is C15H14ClNO7. The van der Waals surface area contributed by atoms with Crippen molar-refractivity contribution in [3.05, 3.63) is 45.2 Å². The Morgan fingerprint density at radius 2 is 2.00 bits per heavy atom. The van der Waals surface area contributed by atoms with Gasteiger partial charge in [0.25, 0.3) is 0 Å². The molecule has 0 bridgehead atoms. The van der Waals surface area contributed by atoms with Crippen LogP contribution < -0.4 is 5.43 Å². The maximum absolute atomic E-state index is 12.3. The number of aliphatic hydroxyl groups is 3. The number of rotatable bonds is 3. The van der Waals surface area contributed by atoms with Crippen LogP contribution in [-0.4, -0.2) is 55.9 Å². The highest BCUT2D eigenvalue weighted by molar-refractivity contribution is 6.31. The van der Waals surface area contributed by atoms with Gasteiger partial charge < -0.3 is 29.7 Å². The van der Waals surface area contributed by atoms with Gasteiger partial charge in [-0.05, 0) is 18.2 Å². The molecule has 8 nitrogen and oxygen atoms in total. The van der Waals surface area contributed by atoms with Gasteiger partial charge in [0.2, 0.25) is 5.43 Å². The number of carboxylic acid groups (broad SMARTS) is 1. The van der Waals surface area contributed by atoms with Crippen LogP contribution in [0.1, 0.15) is 16.6 Å². The third-order valence-electron chi connectivity index (χ3n) is 4.02. The Labute approximate surface area is 140 Å². The average molecular weight is 356 g/mol. The average Bonchev–Trinajstić information content (AvgIpc) is 2.83. The second-order valence-electron chi connectivity index (χ2n) is 5.47. The van der Waals surface area contributed by atoms with Gasteiger partial charge >= 0.3 is 5.97 Å². The Bertz CT molecular complexity index is 865. The Morgan fingerprint density at radius 3 is 2.58 bits per heavy atom. The Balaban J connectivity index is 2.27. The molecule has 1 aliphatic heterocycles. The zero-order chi connectivity index (χ0) is 17.6. The van der Waals surface area contributed by atoms with Crippen LogP contribution >= 0.6 is 11.6 Å². The fraction of sp³-hybridized carbons (Fsp3) is 0.333. The number of aliphatic hydroxyl groups excluding tert-OH is 3. The van der Waals surface area contributed by atoms with Crippen LogP contribution in [0.2, 0.25) is 5.02 Å². The summed E-state index contributed by atoms with van der Waals surface area (Å²) in [5, 5.41) is 38.9. The van der Waals surface area contributed by atoms with Gasteiger partial charge in [-0.15, -0.1) is 0 Å². The molecule has 1 aromatic heterocycles. The molecule has 0 radical (unpaired) electrons. The normalized spacial score (nSPS) is 26.8. The van der Waals surface area contributed by atoms with E-state index < -0.39 is 48.1 Å². The predicted octanol–water partition coefficient (Wildman–Crippen LogP) is -0.0354. The molecule has 1 fully saturated rings. The number of nitrogens with zero attached hydrogens (tertiary/aromatic N) is 1. The molecule has 128 valence electrons. The number of aromatic nitrogens is 1. The number of benzene rings is 1. The molecule has 0 amide bonds. The topological polar surface area (TPSA) is 129 Å². The maximum Gasteiger partial charge on any atom is 0.341 e. The highest BCUT2D eigenvalue weighted by Gasteiger charge is 2.43. The number of fused-ring (bicyclic) bond motifs is 1. The second kappa shape index (κ2) is 6.15. The number of hydrogen-bond acceptors (Lipinski definition) is 6. The van der Waals surface area contributed by atoms with Gasteiger partial charge in [-0.3, -0.25) is 4.79 Å². The SMILES string of the molecule is O=C(O)c1cn([C@@H]2O[C@H](CO)[C@@H](O)[C@H]2O)c2cc(Cl)ccc2c1=O. The van der Waals surface area contributed by atoms with Crippen molar-refractivity contribution in [1.29, 1.82) is 0 Å². The van der Waals surface area contributed by atoms with Gasteiger partial charge in [-0.25, -0.2) is 4.79 Å². The van der Waals surface area contributed by atoms with Gasteiger partial charge in [0, 0.05) is 16.6 Å². The fourth-order valence-electron chi connectivity index (χ4n) is 2.80. The third kappa shape index (κ3) is 2.58. The predicted molar refractivity (Wildman–Crippen MR) is 83.2 cm³/mol. The molecule has 0 spiro atoms. The fourth-order valence-corrected chi connectivity index (χ4v) is 2.96. The first-order valence-corrected chi connectivity index (χ1v) is 7.43. The van der Waals surface area contributed by atoms with Gasteiger partial charge in [0.1, 0.15) is 23.9 Å². The lowest BCUT2D eigenvalue weighted by Crippen LogP contribution is -2.33. The summed E-state index contributed by atoms with van der Waals surface area (Å²) in [6.45, 7) is -0.528. The molecule has 0 unspecified atom stereocenters. The van der Waals surface area contributed by atoms with Crippen LogP contribution in [-0.2, 0) is 4.74 Å². The second-order valence-corrected chi connectivity index (χ2v) is 5.91. The van der Waals surface area contributed by atoms with Crippen LogP contribution in [0.3, 0.4) is 0 Å².